The van der Waals surface area contributed by atoms with Gasteiger partial charge >= 0.3 is 11.9 Å². The molecular formula is C26H28O13. The number of benzene rings is 1. The Hall–Kier alpha value is -3.30. The van der Waals surface area contributed by atoms with Crippen LogP contribution in [0.4, 0.5) is 0 Å². The van der Waals surface area contributed by atoms with Crippen molar-refractivity contribution in [2.24, 2.45) is 11.8 Å². The van der Waals surface area contributed by atoms with Gasteiger partial charge in [0.2, 0.25) is 6.29 Å². The van der Waals surface area contributed by atoms with E-state index < -0.39 is 79.1 Å². The molecule has 39 heavy (non-hydrogen) atoms. The Morgan fingerprint density at radius 2 is 1.82 bits per heavy atom. The summed E-state index contributed by atoms with van der Waals surface area (Å²) >= 11 is 0. The number of hydrogen-bond acceptors (Lipinski definition) is 13. The van der Waals surface area contributed by atoms with E-state index in [1.165, 1.54) is 43.5 Å². The Morgan fingerprint density at radius 3 is 2.49 bits per heavy atom. The second-order valence-corrected chi connectivity index (χ2v) is 9.65. The normalized spacial score (nSPS) is 37.9. The molecule has 210 valence electrons. The van der Waals surface area contributed by atoms with Gasteiger partial charge in [-0.15, -0.1) is 0 Å². The molecule has 0 amide bonds. The van der Waals surface area contributed by atoms with Gasteiger partial charge in [0.1, 0.15) is 36.3 Å². The van der Waals surface area contributed by atoms with Gasteiger partial charge < -0.3 is 54.3 Å². The van der Waals surface area contributed by atoms with Crippen LogP contribution in [-0.2, 0) is 33.3 Å². The summed E-state index contributed by atoms with van der Waals surface area (Å²) in [7, 11) is 1.19. The average molecular weight is 548 g/mol. The van der Waals surface area contributed by atoms with E-state index in [2.05, 4.69) is 0 Å². The molecule has 1 fully saturated rings. The lowest BCUT2D eigenvalue weighted by Gasteiger charge is -2.44. The number of esters is 2. The summed E-state index contributed by atoms with van der Waals surface area (Å²) in [6.07, 6.45) is -5.05. The summed E-state index contributed by atoms with van der Waals surface area (Å²) in [4.78, 5) is 25.5. The van der Waals surface area contributed by atoms with Crippen LogP contribution >= 0.6 is 0 Å². The first-order valence-corrected chi connectivity index (χ1v) is 12.1. The summed E-state index contributed by atoms with van der Waals surface area (Å²) in [6, 6.07) is 5.60. The Bertz CT molecular complexity index is 1200. The Morgan fingerprint density at radius 1 is 1.10 bits per heavy atom. The van der Waals surface area contributed by atoms with Crippen molar-refractivity contribution >= 4 is 11.9 Å². The molecule has 4 aliphatic rings. The standard InChI is InChI=1S/C26H28O13/c1-35-22(33)15-10-36-24(38-25-21(32)20(31)19(30)16(9-27)37-25)17-13(15)6-7-26(17)8-14(23(34)39-26)18(29)11-2-4-12(28)5-3-11/h2-8,10,13,16-21,24-25,27-32H,9H2,1H3. The van der Waals surface area contributed by atoms with Crippen LogP contribution in [0.2, 0.25) is 0 Å². The molecule has 3 aliphatic heterocycles. The number of ether oxygens (including phenoxy) is 5. The van der Waals surface area contributed by atoms with Gasteiger partial charge in [-0.1, -0.05) is 18.2 Å². The van der Waals surface area contributed by atoms with Crippen LogP contribution in [0.25, 0.3) is 0 Å². The summed E-state index contributed by atoms with van der Waals surface area (Å²) < 4.78 is 27.6. The monoisotopic (exact) mass is 548 g/mol. The van der Waals surface area contributed by atoms with Crippen molar-refractivity contribution in [1.29, 1.82) is 0 Å². The van der Waals surface area contributed by atoms with Gasteiger partial charge in [0.05, 0.1) is 37.0 Å². The fourth-order valence-electron chi connectivity index (χ4n) is 5.30. The highest BCUT2D eigenvalue weighted by molar-refractivity contribution is 5.94. The molecule has 1 spiro atoms. The van der Waals surface area contributed by atoms with Crippen LogP contribution in [0.5, 0.6) is 5.75 Å². The van der Waals surface area contributed by atoms with Gasteiger partial charge in [0, 0.05) is 5.92 Å². The van der Waals surface area contributed by atoms with Crippen LogP contribution in [0.15, 0.2) is 59.9 Å². The van der Waals surface area contributed by atoms with Crippen molar-refractivity contribution in [2.45, 2.75) is 48.7 Å². The average Bonchev–Trinajstić information content (AvgIpc) is 3.48. The number of carbonyl (C=O) groups excluding carboxylic acids is 2. The van der Waals surface area contributed by atoms with Gasteiger partial charge in [0.15, 0.2) is 11.9 Å². The fraction of sp³-hybridized carbons (Fsp3) is 0.462. The molecule has 1 saturated heterocycles. The number of phenolic OH excluding ortho intramolecular Hbond substituents is 1. The van der Waals surface area contributed by atoms with Crippen LogP contribution in [0.1, 0.15) is 11.7 Å². The molecule has 10 unspecified atom stereocenters. The number of hydrogen-bond donors (Lipinski definition) is 6. The molecule has 6 N–H and O–H groups in total. The predicted octanol–water partition coefficient (Wildman–Crippen LogP) is -1.32. The third kappa shape index (κ3) is 4.61. The Labute approximate surface area is 221 Å². The summed E-state index contributed by atoms with van der Waals surface area (Å²) in [5.74, 6) is -3.34. The van der Waals surface area contributed by atoms with E-state index in [4.69, 9.17) is 23.7 Å². The van der Waals surface area contributed by atoms with Crippen LogP contribution in [0, 0.1) is 11.8 Å². The zero-order chi connectivity index (χ0) is 28.1. The minimum atomic E-state index is -1.74. The number of aliphatic hydroxyl groups is 5. The van der Waals surface area contributed by atoms with E-state index in [9.17, 15) is 40.2 Å². The van der Waals surface area contributed by atoms with Crippen molar-refractivity contribution in [3.05, 3.63) is 65.5 Å². The molecular weight excluding hydrogens is 520 g/mol. The molecule has 3 heterocycles. The second kappa shape index (κ2) is 10.4. The lowest BCUT2D eigenvalue weighted by Crippen LogP contribution is -2.60. The molecule has 1 aromatic rings. The number of aliphatic hydroxyl groups excluding tert-OH is 5. The van der Waals surface area contributed by atoms with E-state index in [1.54, 1.807) is 6.08 Å². The first-order chi connectivity index (χ1) is 18.6. The highest BCUT2D eigenvalue weighted by Crippen LogP contribution is 2.51. The first-order valence-electron chi connectivity index (χ1n) is 12.1. The molecule has 0 aromatic heterocycles. The van der Waals surface area contributed by atoms with Gasteiger partial charge in [-0.2, -0.15) is 0 Å². The van der Waals surface area contributed by atoms with E-state index in [-0.39, 0.29) is 16.9 Å². The largest absolute Gasteiger partial charge is 0.508 e. The quantitative estimate of drug-likeness (QED) is 0.181. The van der Waals surface area contributed by atoms with Crippen LogP contribution in [-0.4, -0.2) is 98.9 Å². The topological polar surface area (TPSA) is 202 Å². The maximum Gasteiger partial charge on any atom is 0.338 e. The maximum atomic E-state index is 13.0. The van der Waals surface area contributed by atoms with Crippen molar-refractivity contribution in [2.75, 3.05) is 13.7 Å². The summed E-state index contributed by atoms with van der Waals surface area (Å²) in [5, 5.41) is 60.7. The van der Waals surface area contributed by atoms with Gasteiger partial charge in [-0.05, 0) is 29.8 Å². The van der Waals surface area contributed by atoms with E-state index in [1.807, 2.05) is 0 Å². The number of allylic oxidation sites excluding steroid dienone is 1. The molecule has 13 nitrogen and oxygen atoms in total. The number of fused-ring (bicyclic) bond motifs is 2. The summed E-state index contributed by atoms with van der Waals surface area (Å²) in [5.41, 5.74) is -1.27. The van der Waals surface area contributed by atoms with Gasteiger partial charge in [-0.25, -0.2) is 9.59 Å². The van der Waals surface area contributed by atoms with Crippen LogP contribution in [0.3, 0.4) is 0 Å². The van der Waals surface area contributed by atoms with Crippen LogP contribution < -0.4 is 0 Å². The number of rotatable bonds is 6. The molecule has 13 heteroatoms. The first kappa shape index (κ1) is 27.3. The zero-order valence-electron chi connectivity index (χ0n) is 20.6. The summed E-state index contributed by atoms with van der Waals surface area (Å²) in [6.45, 7) is -0.681. The van der Waals surface area contributed by atoms with E-state index in [0.717, 1.165) is 6.26 Å². The minimum Gasteiger partial charge on any atom is -0.508 e. The number of carbonyl (C=O) groups is 2. The van der Waals surface area contributed by atoms with E-state index in [0.29, 0.717) is 5.56 Å². The molecule has 0 saturated carbocycles. The molecule has 0 radical (unpaired) electrons. The molecule has 0 bridgehead atoms. The number of aromatic hydroxyl groups is 1. The van der Waals surface area contributed by atoms with Crippen molar-refractivity contribution < 1.29 is 63.9 Å². The predicted molar refractivity (Wildman–Crippen MR) is 126 cm³/mol. The van der Waals surface area contributed by atoms with Gasteiger partial charge in [0.25, 0.3) is 0 Å². The maximum absolute atomic E-state index is 13.0. The third-order valence-corrected chi connectivity index (χ3v) is 7.38. The molecule has 10 atom stereocenters. The molecule has 1 aromatic carbocycles. The number of phenols is 1. The zero-order valence-corrected chi connectivity index (χ0v) is 20.6. The van der Waals surface area contributed by atoms with Crippen molar-refractivity contribution in [1.82, 2.24) is 0 Å². The number of methoxy groups -OCH3 is 1. The van der Waals surface area contributed by atoms with Crippen molar-refractivity contribution in [3.8, 4) is 5.75 Å². The fourth-order valence-corrected chi connectivity index (χ4v) is 5.30. The second-order valence-electron chi connectivity index (χ2n) is 9.65. The SMILES string of the molecule is COC(=O)C1=COC(OC2OC(CO)C(O)C(O)C2O)C2C1C=CC21C=C(C(O)c2ccc(O)cc2)C(=O)O1. The van der Waals surface area contributed by atoms with Gasteiger partial charge in [-0.3, -0.25) is 0 Å². The Balaban J connectivity index is 1.49. The molecule has 5 rings (SSSR count). The Kier molecular flexibility index (Phi) is 7.24. The molecule has 1 aliphatic carbocycles. The lowest BCUT2D eigenvalue weighted by atomic mass is 9.78. The smallest absolute Gasteiger partial charge is 0.338 e. The van der Waals surface area contributed by atoms with Crippen molar-refractivity contribution in [3.63, 3.8) is 0 Å². The third-order valence-electron chi connectivity index (χ3n) is 7.38. The highest BCUT2D eigenvalue weighted by Gasteiger charge is 2.60. The van der Waals surface area contributed by atoms with E-state index >= 15 is 0 Å². The lowest BCUT2D eigenvalue weighted by molar-refractivity contribution is -0.344. The minimum absolute atomic E-state index is 0.0263. The highest BCUT2D eigenvalue weighted by atomic mass is 16.8.